The average molecular weight is 755 g/mol. The minimum absolute atomic E-state index is 0.333. The van der Waals surface area contributed by atoms with Gasteiger partial charge in [-0.2, -0.15) is 0 Å². The lowest BCUT2D eigenvalue weighted by molar-refractivity contribution is 0.811. The Labute approximate surface area is 336 Å². The molecular formula is C52H46N4Si. The van der Waals surface area contributed by atoms with Crippen molar-refractivity contribution >= 4 is 39.9 Å². The second-order valence-electron chi connectivity index (χ2n) is 15.5. The van der Waals surface area contributed by atoms with Crippen molar-refractivity contribution < 1.29 is 0 Å². The summed E-state index contributed by atoms with van der Waals surface area (Å²) >= 11 is 0. The van der Waals surface area contributed by atoms with E-state index in [1.807, 2.05) is 12.4 Å². The van der Waals surface area contributed by atoms with Crippen LogP contribution in [-0.4, -0.2) is 27.2 Å². The molecule has 0 bridgehead atoms. The molecule has 0 saturated carbocycles. The highest BCUT2D eigenvalue weighted by molar-refractivity contribution is 7.20. The Morgan fingerprint density at radius 3 is 1.54 bits per heavy atom. The summed E-state index contributed by atoms with van der Waals surface area (Å²) in [5, 5.41) is 5.22. The third kappa shape index (κ3) is 6.34. The molecule has 0 fully saturated rings. The van der Waals surface area contributed by atoms with Crippen LogP contribution in [0.15, 0.2) is 194 Å². The molecule has 0 amide bonds. The van der Waals surface area contributed by atoms with Gasteiger partial charge in [0.25, 0.3) is 0 Å². The van der Waals surface area contributed by atoms with Gasteiger partial charge in [-0.15, -0.1) is 0 Å². The Morgan fingerprint density at radius 1 is 0.474 bits per heavy atom. The molecule has 7 aromatic carbocycles. The molecule has 0 atom stereocenters. The number of aromatic nitrogens is 4. The second kappa shape index (κ2) is 15.2. The van der Waals surface area contributed by atoms with Crippen molar-refractivity contribution in [1.29, 1.82) is 0 Å². The normalized spacial score (nSPS) is 11.8. The van der Waals surface area contributed by atoms with Gasteiger partial charge in [-0.3, -0.25) is 9.13 Å². The van der Waals surface area contributed by atoms with Crippen LogP contribution in [0.1, 0.15) is 50.7 Å². The predicted molar refractivity (Wildman–Crippen MR) is 241 cm³/mol. The zero-order valence-electron chi connectivity index (χ0n) is 32.9. The van der Waals surface area contributed by atoms with E-state index in [0.717, 1.165) is 39.5 Å². The minimum atomic E-state index is -2.97. The maximum absolute atomic E-state index is 5.46. The van der Waals surface area contributed by atoms with E-state index < -0.39 is 8.07 Å². The van der Waals surface area contributed by atoms with Crippen molar-refractivity contribution in [3.63, 3.8) is 0 Å². The summed E-state index contributed by atoms with van der Waals surface area (Å²) in [7, 11) is -2.97. The van der Waals surface area contributed by atoms with Gasteiger partial charge in [0.15, 0.2) is 8.07 Å². The topological polar surface area (TPSA) is 35.6 Å². The van der Waals surface area contributed by atoms with Crippen LogP contribution < -0.4 is 20.7 Å². The van der Waals surface area contributed by atoms with E-state index in [1.54, 1.807) is 0 Å². The van der Waals surface area contributed by atoms with E-state index in [-0.39, 0.29) is 0 Å². The van der Waals surface area contributed by atoms with Crippen molar-refractivity contribution in [3.05, 3.63) is 206 Å². The molecule has 0 N–H and O–H groups in total. The first-order chi connectivity index (χ1) is 27.9. The fourth-order valence-electron chi connectivity index (χ4n) is 8.69. The van der Waals surface area contributed by atoms with E-state index in [2.05, 4.69) is 219 Å². The highest BCUT2D eigenvalue weighted by Crippen LogP contribution is 2.37. The highest BCUT2D eigenvalue weighted by Gasteiger charge is 2.42. The van der Waals surface area contributed by atoms with Crippen molar-refractivity contribution in [3.8, 4) is 34.2 Å². The number of nitrogens with zero attached hydrogens (tertiary/aromatic N) is 4. The molecule has 0 unspecified atom stereocenters. The van der Waals surface area contributed by atoms with Crippen LogP contribution in [0, 0.1) is 0 Å². The van der Waals surface area contributed by atoms with Crippen LogP contribution in [0.4, 0.5) is 0 Å². The first kappa shape index (κ1) is 36.1. The molecule has 0 aliphatic heterocycles. The summed E-state index contributed by atoms with van der Waals surface area (Å²) in [5.74, 6) is 2.54. The number of para-hydroxylation sites is 4. The monoisotopic (exact) mass is 754 g/mol. The lowest BCUT2D eigenvalue weighted by Crippen LogP contribution is -2.74. The second-order valence-corrected chi connectivity index (χ2v) is 19.3. The molecule has 57 heavy (non-hydrogen) atoms. The van der Waals surface area contributed by atoms with E-state index in [9.17, 15) is 0 Å². The first-order valence-corrected chi connectivity index (χ1v) is 22.0. The van der Waals surface area contributed by atoms with Crippen LogP contribution in [0.25, 0.3) is 45.2 Å². The molecule has 278 valence electrons. The molecule has 9 aromatic rings. The summed E-state index contributed by atoms with van der Waals surface area (Å²) in [6, 6.07) is 66.5. The van der Waals surface area contributed by atoms with Gasteiger partial charge >= 0.3 is 0 Å². The van der Waals surface area contributed by atoms with Crippen molar-refractivity contribution in [2.45, 2.75) is 39.5 Å². The number of imidazole rings is 2. The molecule has 0 saturated heterocycles. The minimum Gasteiger partial charge on any atom is -0.300 e. The largest absolute Gasteiger partial charge is 0.300 e. The van der Waals surface area contributed by atoms with Crippen LogP contribution in [0.2, 0.25) is 0 Å². The summed E-state index contributed by atoms with van der Waals surface area (Å²) in [6.07, 6.45) is 3.94. The van der Waals surface area contributed by atoms with Gasteiger partial charge in [-0.1, -0.05) is 185 Å². The van der Waals surface area contributed by atoms with Gasteiger partial charge in [-0.05, 0) is 68.0 Å². The smallest absolute Gasteiger partial charge is 0.179 e. The quantitative estimate of drug-likeness (QED) is 0.103. The van der Waals surface area contributed by atoms with Crippen LogP contribution in [0.5, 0.6) is 0 Å². The highest BCUT2D eigenvalue weighted by atomic mass is 28.3. The summed E-state index contributed by atoms with van der Waals surface area (Å²) in [6.45, 7) is 9.18. The van der Waals surface area contributed by atoms with Crippen LogP contribution >= 0.6 is 0 Å². The number of rotatable bonds is 10. The molecule has 2 aromatic heterocycles. The summed E-state index contributed by atoms with van der Waals surface area (Å²) in [5.41, 5.74) is 9.25. The Morgan fingerprint density at radius 2 is 0.965 bits per heavy atom. The number of fused-ring (bicyclic) bond motifs is 1. The molecule has 9 rings (SSSR count). The summed E-state index contributed by atoms with van der Waals surface area (Å²) < 4.78 is 4.62. The van der Waals surface area contributed by atoms with Crippen molar-refractivity contribution in [1.82, 2.24) is 19.1 Å². The molecule has 0 aliphatic carbocycles. The third-order valence-corrected chi connectivity index (χ3v) is 16.1. The standard InChI is InChI=1S/C52H46N4Si/c1-37(2)46-29-18-30-47(38(3)4)50(46)56-49-32-15-14-31-48(49)54-52(56)40-20-17-28-45(36-40)57(42-23-10-6-11-24-42,43-25-12-7-13-26-43)44-27-16-19-39(35-44)51-53-33-34-55(51)41-21-8-5-9-22-41/h5-38H,1-4H3. The van der Waals surface area contributed by atoms with Gasteiger partial charge in [0, 0.05) is 29.2 Å². The summed E-state index contributed by atoms with van der Waals surface area (Å²) in [4.78, 5) is 10.4. The fraction of sp³-hybridized carbons (Fsp3) is 0.115. The van der Waals surface area contributed by atoms with Crippen molar-refractivity contribution in [2.75, 3.05) is 0 Å². The SMILES string of the molecule is CC(C)c1cccc(C(C)C)c1-n1c(-c2cccc([Si](c3ccccc3)(c3ccccc3)c3cccc(-c4nccn4-c4ccccc4)c3)c2)nc2ccccc21. The first-order valence-electron chi connectivity index (χ1n) is 20.0. The molecule has 0 spiro atoms. The molecule has 4 nitrogen and oxygen atoms in total. The fourth-order valence-corrected chi connectivity index (χ4v) is 13.5. The zero-order chi connectivity index (χ0) is 38.9. The van der Waals surface area contributed by atoms with Crippen LogP contribution in [0.3, 0.4) is 0 Å². The number of hydrogen-bond donors (Lipinski definition) is 0. The Balaban J connectivity index is 1.32. The molecule has 0 aliphatic rings. The maximum Gasteiger partial charge on any atom is 0.179 e. The Kier molecular flexibility index (Phi) is 9.61. The lowest BCUT2D eigenvalue weighted by Gasteiger charge is -2.35. The lowest BCUT2D eigenvalue weighted by atomic mass is 9.92. The Bertz CT molecular complexity index is 2730. The van der Waals surface area contributed by atoms with Crippen LogP contribution in [-0.2, 0) is 0 Å². The predicted octanol–water partition coefficient (Wildman–Crippen LogP) is 10.2. The third-order valence-electron chi connectivity index (χ3n) is 11.3. The van der Waals surface area contributed by atoms with Gasteiger partial charge in [0.2, 0.25) is 0 Å². The van der Waals surface area contributed by atoms with Crippen molar-refractivity contribution in [2.24, 2.45) is 0 Å². The van der Waals surface area contributed by atoms with E-state index in [4.69, 9.17) is 9.97 Å². The van der Waals surface area contributed by atoms with E-state index >= 15 is 0 Å². The van der Waals surface area contributed by atoms with Gasteiger partial charge in [-0.25, -0.2) is 9.97 Å². The number of hydrogen-bond acceptors (Lipinski definition) is 2. The van der Waals surface area contributed by atoms with Gasteiger partial charge in [0.1, 0.15) is 11.6 Å². The maximum atomic E-state index is 5.46. The van der Waals surface area contributed by atoms with E-state index in [0.29, 0.717) is 11.8 Å². The van der Waals surface area contributed by atoms with Gasteiger partial charge < -0.3 is 0 Å². The molecular weight excluding hydrogens is 709 g/mol. The number of benzene rings is 7. The Hall–Kier alpha value is -6.56. The molecule has 0 radical (unpaired) electrons. The van der Waals surface area contributed by atoms with E-state index in [1.165, 1.54) is 37.6 Å². The molecule has 2 heterocycles. The zero-order valence-corrected chi connectivity index (χ0v) is 33.9. The molecule has 5 heteroatoms. The van der Waals surface area contributed by atoms with Gasteiger partial charge in [0.05, 0.1) is 16.7 Å². The average Bonchev–Trinajstić information content (AvgIpc) is 3.91.